The van der Waals surface area contributed by atoms with E-state index in [0.717, 1.165) is 18.0 Å². The standard InChI is InChI=1S/C13H15N/c1-8(9-2-3-9)11-6-4-10-5-7-12(10)13(11)14/h4,6,9H,1-3,5,7,14H2. The molecule has 0 unspecified atom stereocenters. The average Bonchev–Trinajstić information content (AvgIpc) is 2.90. The van der Waals surface area contributed by atoms with Gasteiger partial charge >= 0.3 is 0 Å². The fourth-order valence-corrected chi connectivity index (χ4v) is 2.25. The first kappa shape index (κ1) is 8.10. The summed E-state index contributed by atoms with van der Waals surface area (Å²) in [7, 11) is 0. The van der Waals surface area contributed by atoms with Crippen molar-refractivity contribution in [1.82, 2.24) is 0 Å². The number of benzene rings is 1. The highest BCUT2D eigenvalue weighted by Gasteiger charge is 2.28. The molecular formula is C13H15N. The molecule has 2 aliphatic carbocycles. The molecule has 14 heavy (non-hydrogen) atoms. The molecule has 0 radical (unpaired) electrons. The summed E-state index contributed by atoms with van der Waals surface area (Å²) in [5.74, 6) is 0.718. The third kappa shape index (κ3) is 1.02. The molecule has 2 N–H and O–H groups in total. The lowest BCUT2D eigenvalue weighted by Gasteiger charge is -2.23. The van der Waals surface area contributed by atoms with Crippen LogP contribution >= 0.6 is 0 Å². The molecular weight excluding hydrogens is 170 g/mol. The van der Waals surface area contributed by atoms with Crippen LogP contribution in [-0.2, 0) is 12.8 Å². The molecule has 1 saturated carbocycles. The predicted octanol–water partition coefficient (Wildman–Crippen LogP) is 2.79. The van der Waals surface area contributed by atoms with Gasteiger partial charge in [0.2, 0.25) is 0 Å². The van der Waals surface area contributed by atoms with Gasteiger partial charge in [-0.1, -0.05) is 18.7 Å². The first-order valence-corrected chi connectivity index (χ1v) is 5.37. The Hall–Kier alpha value is -1.24. The van der Waals surface area contributed by atoms with E-state index >= 15 is 0 Å². The van der Waals surface area contributed by atoms with Gasteiger partial charge < -0.3 is 5.73 Å². The monoisotopic (exact) mass is 185 g/mol. The molecule has 3 rings (SSSR count). The fourth-order valence-electron chi connectivity index (χ4n) is 2.25. The van der Waals surface area contributed by atoms with E-state index in [-0.39, 0.29) is 0 Å². The number of aryl methyl sites for hydroxylation is 1. The van der Waals surface area contributed by atoms with Crippen LogP contribution in [0.25, 0.3) is 5.57 Å². The van der Waals surface area contributed by atoms with Crippen LogP contribution in [0.5, 0.6) is 0 Å². The van der Waals surface area contributed by atoms with E-state index in [1.165, 1.54) is 41.5 Å². The molecule has 0 aromatic heterocycles. The number of nitrogens with two attached hydrogens (primary N) is 1. The number of nitrogen functional groups attached to an aromatic ring is 1. The van der Waals surface area contributed by atoms with Crippen molar-refractivity contribution in [1.29, 1.82) is 0 Å². The zero-order valence-corrected chi connectivity index (χ0v) is 8.34. The van der Waals surface area contributed by atoms with Gasteiger partial charge in [-0.2, -0.15) is 0 Å². The number of rotatable bonds is 2. The Labute approximate surface area is 84.6 Å². The average molecular weight is 185 g/mol. The van der Waals surface area contributed by atoms with Crippen LogP contribution in [0.2, 0.25) is 0 Å². The summed E-state index contributed by atoms with van der Waals surface area (Å²) in [6, 6.07) is 4.38. The SMILES string of the molecule is C=C(c1ccc2c(c1N)CC2)C1CC1. The van der Waals surface area contributed by atoms with E-state index in [9.17, 15) is 0 Å². The third-order valence-corrected chi connectivity index (χ3v) is 3.51. The summed E-state index contributed by atoms with van der Waals surface area (Å²) < 4.78 is 0. The fraction of sp³-hybridized carbons (Fsp3) is 0.385. The molecule has 1 aromatic carbocycles. The number of hydrogen-bond donors (Lipinski definition) is 1. The summed E-state index contributed by atoms with van der Waals surface area (Å²) in [5, 5.41) is 0. The topological polar surface area (TPSA) is 26.0 Å². The van der Waals surface area contributed by atoms with Gasteiger partial charge in [-0.15, -0.1) is 0 Å². The molecule has 0 atom stereocenters. The van der Waals surface area contributed by atoms with Gasteiger partial charge in [-0.05, 0) is 48.3 Å². The third-order valence-electron chi connectivity index (χ3n) is 3.51. The Kier molecular flexibility index (Phi) is 1.52. The zero-order valence-electron chi connectivity index (χ0n) is 8.34. The minimum atomic E-state index is 0.718. The molecule has 0 amide bonds. The summed E-state index contributed by atoms with van der Waals surface area (Å²) in [6.45, 7) is 4.16. The molecule has 0 saturated heterocycles. The minimum Gasteiger partial charge on any atom is -0.398 e. The lowest BCUT2D eigenvalue weighted by Crippen LogP contribution is -2.13. The van der Waals surface area contributed by atoms with Gasteiger partial charge in [0.25, 0.3) is 0 Å². The van der Waals surface area contributed by atoms with Gasteiger partial charge in [0.05, 0.1) is 0 Å². The molecule has 1 aromatic rings. The molecule has 1 fully saturated rings. The highest BCUT2D eigenvalue weighted by Crippen LogP contribution is 2.44. The Bertz CT molecular complexity index is 413. The molecule has 2 aliphatic rings. The Morgan fingerprint density at radius 3 is 2.64 bits per heavy atom. The molecule has 0 heterocycles. The van der Waals surface area contributed by atoms with Gasteiger partial charge in [0.1, 0.15) is 0 Å². The van der Waals surface area contributed by atoms with Crippen LogP contribution in [0, 0.1) is 5.92 Å². The van der Waals surface area contributed by atoms with E-state index in [2.05, 4.69) is 18.7 Å². The lowest BCUT2D eigenvalue weighted by atomic mass is 9.83. The smallest absolute Gasteiger partial charge is 0.0425 e. The highest BCUT2D eigenvalue weighted by atomic mass is 14.6. The van der Waals surface area contributed by atoms with Crippen LogP contribution in [-0.4, -0.2) is 0 Å². The van der Waals surface area contributed by atoms with Gasteiger partial charge in [-0.25, -0.2) is 0 Å². The summed E-state index contributed by atoms with van der Waals surface area (Å²) in [4.78, 5) is 0. The van der Waals surface area contributed by atoms with Crippen LogP contribution < -0.4 is 5.73 Å². The summed E-state index contributed by atoms with van der Waals surface area (Å²) in [5.41, 5.74) is 12.4. The van der Waals surface area contributed by atoms with Crippen LogP contribution in [0.15, 0.2) is 18.7 Å². The number of fused-ring (bicyclic) bond motifs is 1. The van der Waals surface area contributed by atoms with E-state index in [0.29, 0.717) is 0 Å². The molecule has 0 bridgehead atoms. The van der Waals surface area contributed by atoms with Crippen molar-refractivity contribution in [3.05, 3.63) is 35.4 Å². The van der Waals surface area contributed by atoms with Gasteiger partial charge in [-0.3, -0.25) is 0 Å². The van der Waals surface area contributed by atoms with Crippen molar-refractivity contribution in [2.45, 2.75) is 25.7 Å². The van der Waals surface area contributed by atoms with Crippen molar-refractivity contribution in [2.24, 2.45) is 5.92 Å². The Morgan fingerprint density at radius 1 is 1.29 bits per heavy atom. The maximum Gasteiger partial charge on any atom is 0.0425 e. The summed E-state index contributed by atoms with van der Waals surface area (Å²) in [6.07, 6.45) is 4.97. The maximum atomic E-state index is 6.14. The van der Waals surface area contributed by atoms with Crippen molar-refractivity contribution >= 4 is 11.3 Å². The first-order chi connectivity index (χ1) is 6.77. The second-order valence-electron chi connectivity index (χ2n) is 4.46. The normalized spacial score (nSPS) is 18.6. The summed E-state index contributed by atoms with van der Waals surface area (Å²) >= 11 is 0. The largest absolute Gasteiger partial charge is 0.398 e. The van der Waals surface area contributed by atoms with Crippen molar-refractivity contribution < 1.29 is 0 Å². The molecule has 0 aliphatic heterocycles. The second kappa shape index (κ2) is 2.63. The first-order valence-electron chi connectivity index (χ1n) is 5.37. The zero-order chi connectivity index (χ0) is 9.71. The Morgan fingerprint density at radius 2 is 2.07 bits per heavy atom. The molecule has 1 heteroatoms. The quantitative estimate of drug-likeness (QED) is 0.704. The van der Waals surface area contributed by atoms with Crippen molar-refractivity contribution in [3.8, 4) is 0 Å². The van der Waals surface area contributed by atoms with E-state index in [1.54, 1.807) is 0 Å². The van der Waals surface area contributed by atoms with Crippen molar-refractivity contribution in [2.75, 3.05) is 5.73 Å². The molecule has 0 spiro atoms. The van der Waals surface area contributed by atoms with Crippen LogP contribution in [0.4, 0.5) is 5.69 Å². The number of allylic oxidation sites excluding steroid dienone is 1. The van der Waals surface area contributed by atoms with Crippen LogP contribution in [0.3, 0.4) is 0 Å². The van der Waals surface area contributed by atoms with Gasteiger partial charge in [0, 0.05) is 11.3 Å². The van der Waals surface area contributed by atoms with E-state index < -0.39 is 0 Å². The lowest BCUT2D eigenvalue weighted by molar-refractivity contribution is 0.842. The minimum absolute atomic E-state index is 0.718. The van der Waals surface area contributed by atoms with E-state index in [4.69, 9.17) is 5.73 Å². The number of anilines is 1. The number of hydrogen-bond acceptors (Lipinski definition) is 1. The maximum absolute atomic E-state index is 6.14. The second-order valence-corrected chi connectivity index (χ2v) is 4.46. The van der Waals surface area contributed by atoms with Crippen LogP contribution in [0.1, 0.15) is 29.5 Å². The molecule has 1 nitrogen and oxygen atoms in total. The molecule has 72 valence electrons. The van der Waals surface area contributed by atoms with Crippen molar-refractivity contribution in [3.63, 3.8) is 0 Å². The van der Waals surface area contributed by atoms with Gasteiger partial charge in [0.15, 0.2) is 0 Å². The Balaban J connectivity index is 2.05. The van der Waals surface area contributed by atoms with E-state index in [1.807, 2.05) is 0 Å². The highest BCUT2D eigenvalue weighted by molar-refractivity contribution is 5.79. The predicted molar refractivity (Wildman–Crippen MR) is 60.0 cm³/mol.